The quantitative estimate of drug-likeness (QED) is 0.328. The van der Waals surface area contributed by atoms with Crippen LogP contribution in [0.15, 0.2) is 45.9 Å². The van der Waals surface area contributed by atoms with E-state index in [1.807, 2.05) is 36.4 Å². The summed E-state index contributed by atoms with van der Waals surface area (Å²) >= 11 is 14.1. The Morgan fingerprint density at radius 3 is 2.30 bits per heavy atom. The third-order valence-corrected chi connectivity index (χ3v) is 6.84. The smallest absolute Gasteiger partial charge is 0.328 e. The maximum absolute atomic E-state index is 12.6. The monoisotopic (exact) mass is 601 g/mol. The molecule has 0 fully saturated rings. The van der Waals surface area contributed by atoms with Gasteiger partial charge in [0, 0.05) is 30.2 Å². The number of ether oxygens (including phenoxy) is 1. The molecular formula is C23H22Cl2IN3O4. The molecule has 1 aliphatic rings. The SMILES string of the molecule is CCOC(=O)[C@H](Cc1ccc(NC(=O)c2c(Cl)cncc2Cl)cc1)NC1=C(I)C(=O)C1(C)C. The number of pyridine rings is 1. The number of aromatic nitrogens is 1. The van der Waals surface area contributed by atoms with Crippen molar-refractivity contribution in [1.29, 1.82) is 0 Å². The molecule has 0 saturated carbocycles. The third-order valence-electron chi connectivity index (χ3n) is 5.23. The second-order valence-electron chi connectivity index (χ2n) is 7.93. The van der Waals surface area contributed by atoms with Gasteiger partial charge in [-0.3, -0.25) is 14.6 Å². The van der Waals surface area contributed by atoms with E-state index in [0.717, 1.165) is 11.3 Å². The fourth-order valence-electron chi connectivity index (χ4n) is 3.35. The van der Waals surface area contributed by atoms with E-state index in [1.165, 1.54) is 12.4 Å². The van der Waals surface area contributed by atoms with Crippen LogP contribution >= 0.6 is 45.8 Å². The number of benzene rings is 1. The van der Waals surface area contributed by atoms with Crippen LogP contribution < -0.4 is 10.6 Å². The molecule has 1 atom stereocenters. The molecule has 10 heteroatoms. The molecule has 7 nitrogen and oxygen atoms in total. The maximum Gasteiger partial charge on any atom is 0.328 e. The summed E-state index contributed by atoms with van der Waals surface area (Å²) in [6, 6.07) is 6.38. The van der Waals surface area contributed by atoms with Crippen molar-refractivity contribution >= 4 is 69.1 Å². The first-order valence-corrected chi connectivity index (χ1v) is 12.0. The van der Waals surface area contributed by atoms with Crippen molar-refractivity contribution in [2.75, 3.05) is 11.9 Å². The van der Waals surface area contributed by atoms with Gasteiger partial charge in [0.05, 0.1) is 31.2 Å². The van der Waals surface area contributed by atoms with Crippen molar-refractivity contribution in [3.8, 4) is 0 Å². The molecule has 0 bridgehead atoms. The Kier molecular flexibility index (Phi) is 8.02. The van der Waals surface area contributed by atoms with Crippen LogP contribution in [-0.4, -0.2) is 35.3 Å². The number of esters is 1. The zero-order valence-electron chi connectivity index (χ0n) is 18.2. The van der Waals surface area contributed by atoms with E-state index in [2.05, 4.69) is 15.6 Å². The molecule has 3 rings (SSSR count). The number of halogens is 3. The number of nitrogens with one attached hydrogen (secondary N) is 2. The van der Waals surface area contributed by atoms with Crippen LogP contribution in [0.3, 0.4) is 0 Å². The van der Waals surface area contributed by atoms with Crippen LogP contribution in [-0.2, 0) is 20.7 Å². The molecule has 1 aromatic heterocycles. The summed E-state index contributed by atoms with van der Waals surface area (Å²) in [5, 5.41) is 6.26. The molecule has 0 spiro atoms. The van der Waals surface area contributed by atoms with E-state index in [4.69, 9.17) is 27.9 Å². The number of carbonyl (C=O) groups is 3. The number of allylic oxidation sites excluding steroid dienone is 2. The lowest BCUT2D eigenvalue weighted by Gasteiger charge is -2.38. The zero-order valence-corrected chi connectivity index (χ0v) is 21.8. The molecular weight excluding hydrogens is 580 g/mol. The molecule has 0 saturated heterocycles. The van der Waals surface area contributed by atoms with E-state index in [0.29, 0.717) is 15.7 Å². The summed E-state index contributed by atoms with van der Waals surface area (Å²) in [7, 11) is 0. The van der Waals surface area contributed by atoms with Crippen LogP contribution in [0.5, 0.6) is 0 Å². The van der Waals surface area contributed by atoms with Gasteiger partial charge in [-0.25, -0.2) is 4.79 Å². The summed E-state index contributed by atoms with van der Waals surface area (Å²) in [6.45, 7) is 5.63. The second kappa shape index (κ2) is 10.4. The second-order valence-corrected chi connectivity index (χ2v) is 9.82. The van der Waals surface area contributed by atoms with Crippen molar-refractivity contribution in [2.45, 2.75) is 33.2 Å². The molecule has 1 aromatic carbocycles. The number of nitrogens with zero attached hydrogens (tertiary/aromatic N) is 1. The summed E-state index contributed by atoms with van der Waals surface area (Å²) in [5.74, 6) is -0.809. The van der Waals surface area contributed by atoms with Crippen molar-refractivity contribution in [1.82, 2.24) is 10.3 Å². The van der Waals surface area contributed by atoms with Gasteiger partial charge in [0.2, 0.25) is 0 Å². The number of ketones is 1. The largest absolute Gasteiger partial charge is 0.464 e. The summed E-state index contributed by atoms with van der Waals surface area (Å²) in [5.41, 5.74) is 1.60. The molecule has 2 aromatic rings. The van der Waals surface area contributed by atoms with Crippen LogP contribution in [0.4, 0.5) is 5.69 Å². The van der Waals surface area contributed by atoms with Gasteiger partial charge >= 0.3 is 5.97 Å². The van der Waals surface area contributed by atoms with Gasteiger partial charge in [0.1, 0.15) is 6.04 Å². The minimum absolute atomic E-state index is 0.0442. The zero-order chi connectivity index (χ0) is 24.3. The number of hydrogen-bond donors (Lipinski definition) is 2. The number of Topliss-reactive ketones (excluding diaryl/α,β-unsaturated/α-hetero) is 1. The standard InChI is InChI=1S/C23H22Cl2IN3O4/c1-4-33-22(32)16(29-19-18(26)20(30)23(19,2)3)9-12-5-7-13(8-6-12)28-21(31)17-14(24)10-27-11-15(17)25/h5-8,10-11,16,29H,4,9H2,1-3H3,(H,28,31)/t16-/m0/s1. The minimum atomic E-state index is -0.662. The Hall–Kier alpha value is -2.17. The number of hydrogen-bond acceptors (Lipinski definition) is 6. The van der Waals surface area contributed by atoms with Crippen LogP contribution in [0.2, 0.25) is 10.0 Å². The number of carbonyl (C=O) groups excluding carboxylic acids is 3. The Morgan fingerprint density at radius 1 is 1.15 bits per heavy atom. The molecule has 1 heterocycles. The van der Waals surface area contributed by atoms with Gasteiger partial charge in [-0.15, -0.1) is 0 Å². The summed E-state index contributed by atoms with van der Waals surface area (Å²) in [6.07, 6.45) is 3.04. The van der Waals surface area contributed by atoms with Gasteiger partial charge < -0.3 is 15.4 Å². The number of amides is 1. The lowest BCUT2D eigenvalue weighted by atomic mass is 9.74. The average Bonchev–Trinajstić information content (AvgIpc) is 2.76. The first kappa shape index (κ1) is 25.5. The fraction of sp³-hybridized carbons (Fsp3) is 0.304. The summed E-state index contributed by atoms with van der Waals surface area (Å²) < 4.78 is 5.82. The molecule has 0 unspecified atom stereocenters. The van der Waals surface area contributed by atoms with Crippen LogP contribution in [0.25, 0.3) is 0 Å². The maximum atomic E-state index is 12.6. The fourth-order valence-corrected chi connectivity index (χ4v) is 5.39. The van der Waals surface area contributed by atoms with Gasteiger partial charge in [-0.1, -0.05) is 35.3 Å². The van der Waals surface area contributed by atoms with Gasteiger partial charge in [0.15, 0.2) is 5.78 Å². The highest BCUT2D eigenvalue weighted by molar-refractivity contribution is 14.1. The van der Waals surface area contributed by atoms with Crippen LogP contribution in [0.1, 0.15) is 36.7 Å². The first-order chi connectivity index (χ1) is 15.6. The molecule has 0 radical (unpaired) electrons. The van der Waals surface area contributed by atoms with Crippen molar-refractivity contribution in [2.24, 2.45) is 5.41 Å². The molecule has 2 N–H and O–H groups in total. The highest BCUT2D eigenvalue weighted by Gasteiger charge is 2.46. The third kappa shape index (κ3) is 5.50. The number of anilines is 1. The predicted molar refractivity (Wildman–Crippen MR) is 136 cm³/mol. The lowest BCUT2D eigenvalue weighted by Crippen LogP contribution is -2.50. The Balaban J connectivity index is 1.73. The van der Waals surface area contributed by atoms with Crippen LogP contribution in [0, 0.1) is 5.41 Å². The predicted octanol–water partition coefficient (Wildman–Crippen LogP) is 4.96. The number of rotatable bonds is 8. The normalized spacial score (nSPS) is 15.5. The molecule has 1 amide bonds. The Bertz CT molecular complexity index is 1110. The van der Waals surface area contributed by atoms with E-state index in [9.17, 15) is 14.4 Å². The van der Waals surface area contributed by atoms with Gasteiger partial charge in [0.25, 0.3) is 5.91 Å². The summed E-state index contributed by atoms with van der Waals surface area (Å²) in [4.78, 5) is 41.1. The Morgan fingerprint density at radius 2 is 1.76 bits per heavy atom. The van der Waals surface area contributed by atoms with Crippen molar-refractivity contribution < 1.29 is 19.1 Å². The van der Waals surface area contributed by atoms with Gasteiger partial charge in [-0.2, -0.15) is 0 Å². The first-order valence-electron chi connectivity index (χ1n) is 10.1. The van der Waals surface area contributed by atoms with E-state index in [-0.39, 0.29) is 28.0 Å². The highest BCUT2D eigenvalue weighted by atomic mass is 127. The van der Waals surface area contributed by atoms with Crippen molar-refractivity contribution in [3.63, 3.8) is 0 Å². The molecule has 1 aliphatic carbocycles. The minimum Gasteiger partial charge on any atom is -0.464 e. The molecule has 0 aliphatic heterocycles. The van der Waals surface area contributed by atoms with E-state index >= 15 is 0 Å². The lowest BCUT2D eigenvalue weighted by molar-refractivity contribution is -0.145. The molecule has 174 valence electrons. The van der Waals surface area contributed by atoms with E-state index in [1.54, 1.807) is 31.2 Å². The van der Waals surface area contributed by atoms with Gasteiger partial charge in [-0.05, 0) is 61.1 Å². The van der Waals surface area contributed by atoms with E-state index < -0.39 is 23.3 Å². The Labute approximate surface area is 215 Å². The topological polar surface area (TPSA) is 97.4 Å². The average molecular weight is 602 g/mol. The molecule has 33 heavy (non-hydrogen) atoms. The van der Waals surface area contributed by atoms with Crippen molar-refractivity contribution in [3.05, 3.63) is 67.1 Å². The highest BCUT2D eigenvalue weighted by Crippen LogP contribution is 2.44.